The van der Waals surface area contributed by atoms with E-state index in [2.05, 4.69) is 0 Å². The predicted octanol–water partition coefficient (Wildman–Crippen LogP) is 4.05. The van der Waals surface area contributed by atoms with Gasteiger partial charge in [0.1, 0.15) is 9.81 Å². The maximum absolute atomic E-state index is 12.6. The molecule has 0 fully saturated rings. The number of fused-ring (bicyclic) bond motifs is 2. The number of methoxy groups -OCH3 is 2. The first-order valence-corrected chi connectivity index (χ1v) is 12.1. The van der Waals surface area contributed by atoms with Crippen LogP contribution in [0.5, 0.6) is 0 Å². The fraction of sp³-hybridized carbons (Fsp3) is 0.263. The first kappa shape index (κ1) is 21.4. The number of thioether (sulfide) groups is 4. The number of benzene rings is 1. The lowest BCUT2D eigenvalue weighted by atomic mass is 10.1. The molecule has 7 nitrogen and oxygen atoms in total. The van der Waals surface area contributed by atoms with E-state index in [0.29, 0.717) is 24.1 Å². The molecule has 2 amide bonds. The van der Waals surface area contributed by atoms with Crippen LogP contribution in [0.4, 0.5) is 0 Å². The van der Waals surface area contributed by atoms with Gasteiger partial charge in [0.2, 0.25) is 0 Å². The Morgan fingerprint density at radius 2 is 1.27 bits per heavy atom. The molecule has 3 aliphatic rings. The van der Waals surface area contributed by atoms with Crippen LogP contribution in [0.1, 0.15) is 34.1 Å². The molecule has 0 radical (unpaired) electrons. The average Bonchev–Trinajstić information content (AvgIpc) is 3.43. The standard InChI is InChI=1S/C19H15NO6S4/c1-4-5-20-14(21)8-6-10-11(7-9(8)15(20)22)28-18(27-10)19-29-12(16(23)25-2)13(30-19)17(24)26-3/h6-7H,4-5H2,1-3H3. The second kappa shape index (κ2) is 8.37. The highest BCUT2D eigenvalue weighted by Crippen LogP contribution is 2.61. The molecule has 0 atom stereocenters. The molecule has 4 rings (SSSR count). The Balaban J connectivity index is 1.63. The highest BCUT2D eigenvalue weighted by Gasteiger charge is 2.39. The van der Waals surface area contributed by atoms with Gasteiger partial charge in [0.05, 0.1) is 33.8 Å². The lowest BCUT2D eigenvalue weighted by Crippen LogP contribution is -2.30. The number of nitrogens with zero attached hydrogens (tertiary/aromatic N) is 1. The van der Waals surface area contributed by atoms with E-state index in [4.69, 9.17) is 9.47 Å². The zero-order valence-corrected chi connectivity index (χ0v) is 19.4. The van der Waals surface area contributed by atoms with Crippen LogP contribution >= 0.6 is 47.0 Å². The third-order valence-corrected chi connectivity index (χ3v) is 9.99. The van der Waals surface area contributed by atoms with Crippen molar-refractivity contribution in [2.24, 2.45) is 0 Å². The fourth-order valence-corrected chi connectivity index (χ4v) is 8.36. The van der Waals surface area contributed by atoms with Crippen LogP contribution in [0.3, 0.4) is 0 Å². The molecule has 11 heteroatoms. The van der Waals surface area contributed by atoms with Crippen LogP contribution < -0.4 is 0 Å². The van der Waals surface area contributed by atoms with Crippen LogP contribution in [0.2, 0.25) is 0 Å². The maximum Gasteiger partial charge on any atom is 0.346 e. The average molecular weight is 482 g/mol. The van der Waals surface area contributed by atoms with E-state index in [-0.39, 0.29) is 21.6 Å². The molecule has 1 aromatic rings. The van der Waals surface area contributed by atoms with E-state index in [1.165, 1.54) is 42.6 Å². The second-order valence-electron chi connectivity index (χ2n) is 6.23. The summed E-state index contributed by atoms with van der Waals surface area (Å²) in [6.45, 7) is 2.32. The van der Waals surface area contributed by atoms with Gasteiger partial charge in [-0.15, -0.1) is 0 Å². The molecule has 0 unspecified atom stereocenters. The summed E-state index contributed by atoms with van der Waals surface area (Å²) in [6.07, 6.45) is 0.706. The summed E-state index contributed by atoms with van der Waals surface area (Å²) >= 11 is 5.22. The molecule has 0 aromatic heterocycles. The van der Waals surface area contributed by atoms with E-state index in [1.54, 1.807) is 12.1 Å². The maximum atomic E-state index is 12.6. The van der Waals surface area contributed by atoms with E-state index < -0.39 is 11.9 Å². The summed E-state index contributed by atoms with van der Waals surface area (Å²) in [7, 11) is 2.51. The molecular weight excluding hydrogens is 466 g/mol. The van der Waals surface area contributed by atoms with Gasteiger partial charge in [-0.25, -0.2) is 9.59 Å². The number of carbonyl (C=O) groups is 4. The van der Waals surface area contributed by atoms with Gasteiger partial charge >= 0.3 is 11.9 Å². The number of imide groups is 1. The van der Waals surface area contributed by atoms with Crippen molar-refractivity contribution in [2.45, 2.75) is 23.1 Å². The highest BCUT2D eigenvalue weighted by molar-refractivity contribution is 8.33. The number of hydrogen-bond acceptors (Lipinski definition) is 10. The summed E-state index contributed by atoms with van der Waals surface area (Å²) in [6, 6.07) is 3.51. The van der Waals surface area contributed by atoms with Gasteiger partial charge in [0.25, 0.3) is 11.8 Å². The molecule has 3 aliphatic heterocycles. The number of rotatable bonds is 4. The van der Waals surface area contributed by atoms with E-state index in [9.17, 15) is 19.2 Å². The number of amides is 2. The molecule has 30 heavy (non-hydrogen) atoms. The molecule has 0 bridgehead atoms. The van der Waals surface area contributed by atoms with Crippen LogP contribution in [-0.2, 0) is 19.1 Å². The minimum Gasteiger partial charge on any atom is -0.465 e. The molecule has 0 saturated heterocycles. The molecule has 1 aromatic carbocycles. The number of esters is 2. The molecular formula is C19H15NO6S4. The van der Waals surface area contributed by atoms with Gasteiger partial charge in [0.15, 0.2) is 0 Å². The topological polar surface area (TPSA) is 90.0 Å². The van der Waals surface area contributed by atoms with Crippen molar-refractivity contribution in [3.05, 3.63) is 41.5 Å². The molecule has 3 heterocycles. The normalized spacial score (nSPS) is 17.6. The Labute approximate surface area is 189 Å². The fourth-order valence-electron chi connectivity index (χ4n) is 3.02. The third kappa shape index (κ3) is 3.47. The van der Waals surface area contributed by atoms with E-state index >= 15 is 0 Å². The van der Waals surface area contributed by atoms with Gasteiger partial charge in [-0.2, -0.15) is 0 Å². The number of ether oxygens (including phenoxy) is 2. The monoisotopic (exact) mass is 481 g/mol. The van der Waals surface area contributed by atoms with Crippen LogP contribution in [-0.4, -0.2) is 49.4 Å². The summed E-state index contributed by atoms with van der Waals surface area (Å²) in [5, 5.41) is 0. The van der Waals surface area contributed by atoms with Gasteiger partial charge in [-0.3, -0.25) is 14.5 Å². The van der Waals surface area contributed by atoms with Crippen molar-refractivity contribution in [1.29, 1.82) is 0 Å². The largest absolute Gasteiger partial charge is 0.465 e. The third-order valence-electron chi connectivity index (χ3n) is 4.39. The molecule has 156 valence electrons. The van der Waals surface area contributed by atoms with Crippen molar-refractivity contribution >= 4 is 70.8 Å². The van der Waals surface area contributed by atoms with Gasteiger partial charge < -0.3 is 9.47 Å². The smallest absolute Gasteiger partial charge is 0.346 e. The van der Waals surface area contributed by atoms with Crippen molar-refractivity contribution in [3.8, 4) is 0 Å². The predicted molar refractivity (Wildman–Crippen MR) is 117 cm³/mol. The second-order valence-corrected chi connectivity index (χ2v) is 10.9. The summed E-state index contributed by atoms with van der Waals surface area (Å²) in [4.78, 5) is 52.8. The van der Waals surface area contributed by atoms with Crippen LogP contribution in [0.25, 0.3) is 0 Å². The lowest BCUT2D eigenvalue weighted by molar-refractivity contribution is -0.138. The summed E-state index contributed by atoms with van der Waals surface area (Å²) < 4.78 is 11.2. The van der Waals surface area contributed by atoms with Crippen molar-refractivity contribution in [1.82, 2.24) is 4.90 Å². The Kier molecular flexibility index (Phi) is 5.97. The summed E-state index contributed by atoms with van der Waals surface area (Å²) in [5.74, 6) is -1.72. The molecule has 0 spiro atoms. The van der Waals surface area contributed by atoms with Crippen LogP contribution in [0.15, 0.2) is 40.2 Å². The van der Waals surface area contributed by atoms with Gasteiger partial charge in [-0.05, 0) is 18.6 Å². The molecule has 0 N–H and O–H groups in total. The SMILES string of the molecule is CCCN1C(=O)c2cc3c(cc2C1=O)SC(=C1SC(C(=O)OC)=C(C(=O)OC)S1)S3. The number of carbonyl (C=O) groups excluding carboxylic acids is 4. The van der Waals surface area contributed by atoms with Gasteiger partial charge in [0, 0.05) is 16.3 Å². The Bertz CT molecular complexity index is 1000. The minimum atomic E-state index is -0.597. The van der Waals surface area contributed by atoms with E-state index in [0.717, 1.165) is 41.8 Å². The van der Waals surface area contributed by atoms with Crippen molar-refractivity contribution in [2.75, 3.05) is 20.8 Å². The quantitative estimate of drug-likeness (QED) is 0.463. The zero-order chi connectivity index (χ0) is 21.6. The lowest BCUT2D eigenvalue weighted by Gasteiger charge is -2.11. The summed E-state index contributed by atoms with van der Waals surface area (Å²) in [5.41, 5.74) is 0.837. The Morgan fingerprint density at radius 1 is 0.833 bits per heavy atom. The minimum absolute atomic E-state index is 0.192. The van der Waals surface area contributed by atoms with Crippen molar-refractivity contribution < 1.29 is 28.7 Å². The van der Waals surface area contributed by atoms with Crippen LogP contribution in [0, 0.1) is 0 Å². The Morgan fingerprint density at radius 3 is 1.67 bits per heavy atom. The zero-order valence-electron chi connectivity index (χ0n) is 16.1. The number of hydrogen-bond donors (Lipinski definition) is 0. The first-order chi connectivity index (χ1) is 14.4. The Hall–Kier alpha value is -1.82. The first-order valence-electron chi connectivity index (χ1n) is 8.80. The molecule has 0 aliphatic carbocycles. The van der Waals surface area contributed by atoms with Gasteiger partial charge in [-0.1, -0.05) is 54.0 Å². The van der Waals surface area contributed by atoms with E-state index in [1.807, 2.05) is 6.92 Å². The highest BCUT2D eigenvalue weighted by atomic mass is 32.2. The molecule has 0 saturated carbocycles. The van der Waals surface area contributed by atoms with Crippen molar-refractivity contribution in [3.63, 3.8) is 0 Å².